The van der Waals surface area contributed by atoms with Crippen molar-refractivity contribution in [2.24, 2.45) is 0 Å². The molecule has 2 fully saturated rings. The molecule has 2 aliphatic rings. The quantitative estimate of drug-likeness (QED) is 0.802. The fourth-order valence-corrected chi connectivity index (χ4v) is 3.86. The summed E-state index contributed by atoms with van der Waals surface area (Å²) >= 11 is 2.09. The molecule has 2 N–H and O–H groups in total. The first kappa shape index (κ1) is 14.9. The number of nitrogens with zero attached hydrogens (tertiary/aromatic N) is 2. The molecule has 1 aliphatic carbocycles. The van der Waals surface area contributed by atoms with Crippen LogP contribution in [-0.2, 0) is 0 Å². The summed E-state index contributed by atoms with van der Waals surface area (Å²) < 4.78 is 0. The Morgan fingerprint density at radius 2 is 1.90 bits per heavy atom. The maximum atomic E-state index is 4.79. The van der Waals surface area contributed by atoms with Crippen LogP contribution in [0.1, 0.15) is 56.3 Å². The van der Waals surface area contributed by atoms with Gasteiger partial charge in [0, 0.05) is 29.8 Å². The van der Waals surface area contributed by atoms with E-state index in [4.69, 9.17) is 9.97 Å². The normalized spacial score (nSPS) is 21.5. The van der Waals surface area contributed by atoms with Crippen molar-refractivity contribution in [3.8, 4) is 0 Å². The zero-order valence-electron chi connectivity index (χ0n) is 13.1. The minimum Gasteiger partial charge on any atom is -0.370 e. The van der Waals surface area contributed by atoms with Gasteiger partial charge in [0.2, 0.25) is 0 Å². The Labute approximate surface area is 131 Å². The summed E-state index contributed by atoms with van der Waals surface area (Å²) in [5, 5.41) is 7.79. The van der Waals surface area contributed by atoms with Crippen molar-refractivity contribution in [1.82, 2.24) is 9.97 Å². The summed E-state index contributed by atoms with van der Waals surface area (Å²) in [6.07, 6.45) is 6.29. The van der Waals surface area contributed by atoms with Gasteiger partial charge in [-0.3, -0.25) is 0 Å². The first-order valence-electron chi connectivity index (χ1n) is 8.25. The highest BCUT2D eigenvalue weighted by Gasteiger charge is 2.28. The van der Waals surface area contributed by atoms with Crippen LogP contribution in [-0.4, -0.2) is 34.1 Å². The van der Waals surface area contributed by atoms with E-state index in [1.807, 2.05) is 0 Å². The predicted molar refractivity (Wildman–Crippen MR) is 91.5 cm³/mol. The lowest BCUT2D eigenvalue weighted by Crippen LogP contribution is -2.17. The zero-order chi connectivity index (χ0) is 14.7. The molecule has 21 heavy (non-hydrogen) atoms. The summed E-state index contributed by atoms with van der Waals surface area (Å²) in [6.45, 7) is 6.31. The van der Waals surface area contributed by atoms with Gasteiger partial charge in [0.15, 0.2) is 0 Å². The van der Waals surface area contributed by atoms with Crippen molar-refractivity contribution >= 4 is 23.4 Å². The molecule has 1 aromatic heterocycles. The zero-order valence-corrected chi connectivity index (χ0v) is 13.9. The summed E-state index contributed by atoms with van der Waals surface area (Å²) in [7, 11) is 0. The fraction of sp³-hybridized carbons (Fsp3) is 0.750. The van der Waals surface area contributed by atoms with Crippen LogP contribution in [0, 0.1) is 6.92 Å². The lowest BCUT2D eigenvalue weighted by molar-refractivity contribution is 0.799. The van der Waals surface area contributed by atoms with Crippen molar-refractivity contribution in [3.05, 3.63) is 11.4 Å². The molecule has 0 aromatic carbocycles. The highest BCUT2D eigenvalue weighted by atomic mass is 32.2. The largest absolute Gasteiger partial charge is 0.370 e. The maximum Gasteiger partial charge on any atom is 0.136 e. The van der Waals surface area contributed by atoms with Crippen LogP contribution in [0.3, 0.4) is 0 Å². The molecule has 1 saturated carbocycles. The van der Waals surface area contributed by atoms with Crippen LogP contribution < -0.4 is 10.6 Å². The highest BCUT2D eigenvalue weighted by Crippen LogP contribution is 2.39. The molecule has 3 rings (SSSR count). The molecular formula is C16H26N4S. The number of hydrogen-bond acceptors (Lipinski definition) is 5. The van der Waals surface area contributed by atoms with Gasteiger partial charge >= 0.3 is 0 Å². The number of nitrogens with one attached hydrogen (secondary N) is 2. The minimum atomic E-state index is 0.592. The van der Waals surface area contributed by atoms with E-state index in [9.17, 15) is 0 Å². The Morgan fingerprint density at radius 1 is 1.14 bits per heavy atom. The van der Waals surface area contributed by atoms with E-state index in [0.29, 0.717) is 5.92 Å². The van der Waals surface area contributed by atoms with E-state index in [0.717, 1.165) is 47.8 Å². The number of rotatable bonds is 7. The Hall–Kier alpha value is -0.970. The second kappa shape index (κ2) is 6.86. The molecule has 4 nitrogen and oxygen atoms in total. The van der Waals surface area contributed by atoms with Crippen molar-refractivity contribution < 1.29 is 0 Å². The van der Waals surface area contributed by atoms with E-state index in [-0.39, 0.29) is 0 Å². The first-order chi connectivity index (χ1) is 10.3. The van der Waals surface area contributed by atoms with Gasteiger partial charge in [0.25, 0.3) is 0 Å². The molecule has 5 heteroatoms. The number of anilines is 2. The smallest absolute Gasteiger partial charge is 0.136 e. The maximum absolute atomic E-state index is 4.79. The molecule has 1 atom stereocenters. The molecule has 1 aliphatic heterocycles. The van der Waals surface area contributed by atoms with Crippen LogP contribution in [0.2, 0.25) is 0 Å². The SMILES string of the molecule is CCCNc1nc(C2CC2)nc(NCC2CCCS2)c1C. The van der Waals surface area contributed by atoms with Gasteiger partial charge in [-0.1, -0.05) is 6.92 Å². The molecule has 0 bridgehead atoms. The standard InChI is InChI=1S/C16H26N4S/c1-3-8-17-14-11(2)15(18-10-13-5-4-9-21-13)20-16(19-14)12-6-7-12/h12-13H,3-10H2,1-2H3,(H2,17,18,19,20). The van der Waals surface area contributed by atoms with Gasteiger partial charge in [-0.2, -0.15) is 11.8 Å². The van der Waals surface area contributed by atoms with Gasteiger partial charge in [-0.25, -0.2) is 9.97 Å². The van der Waals surface area contributed by atoms with Gasteiger partial charge in [-0.05, 0) is 44.8 Å². The monoisotopic (exact) mass is 306 g/mol. The third-order valence-corrected chi connectivity index (χ3v) is 5.57. The van der Waals surface area contributed by atoms with E-state index in [2.05, 4.69) is 36.2 Å². The number of hydrogen-bond donors (Lipinski definition) is 2. The average molecular weight is 306 g/mol. The van der Waals surface area contributed by atoms with Crippen LogP contribution in [0.25, 0.3) is 0 Å². The Bertz CT molecular complexity index is 481. The van der Waals surface area contributed by atoms with Gasteiger partial charge in [0.1, 0.15) is 17.5 Å². The van der Waals surface area contributed by atoms with Crippen LogP contribution >= 0.6 is 11.8 Å². The molecule has 0 radical (unpaired) electrons. The Balaban J connectivity index is 1.74. The third-order valence-electron chi connectivity index (χ3n) is 4.17. The third kappa shape index (κ3) is 3.82. The lowest BCUT2D eigenvalue weighted by Gasteiger charge is -2.16. The van der Waals surface area contributed by atoms with E-state index < -0.39 is 0 Å². The summed E-state index contributed by atoms with van der Waals surface area (Å²) in [4.78, 5) is 9.54. The minimum absolute atomic E-state index is 0.592. The topological polar surface area (TPSA) is 49.8 Å². The van der Waals surface area contributed by atoms with E-state index >= 15 is 0 Å². The van der Waals surface area contributed by atoms with Crippen LogP contribution in [0.5, 0.6) is 0 Å². The van der Waals surface area contributed by atoms with Crippen LogP contribution in [0.4, 0.5) is 11.6 Å². The van der Waals surface area contributed by atoms with E-state index in [1.165, 1.54) is 31.4 Å². The molecule has 116 valence electrons. The van der Waals surface area contributed by atoms with E-state index in [1.54, 1.807) is 0 Å². The van der Waals surface area contributed by atoms with Crippen molar-refractivity contribution in [2.75, 3.05) is 29.5 Å². The fourth-order valence-electron chi connectivity index (χ4n) is 2.66. The summed E-state index contributed by atoms with van der Waals surface area (Å²) in [6, 6.07) is 0. The molecule has 1 unspecified atom stereocenters. The van der Waals surface area contributed by atoms with Crippen molar-refractivity contribution in [1.29, 1.82) is 0 Å². The van der Waals surface area contributed by atoms with Crippen LogP contribution in [0.15, 0.2) is 0 Å². The summed E-state index contributed by atoms with van der Waals surface area (Å²) in [5.41, 5.74) is 1.16. The first-order valence-corrected chi connectivity index (χ1v) is 9.30. The Kier molecular flexibility index (Phi) is 4.88. The molecule has 2 heterocycles. The molecule has 0 spiro atoms. The van der Waals surface area contributed by atoms with Gasteiger partial charge in [0.05, 0.1) is 0 Å². The molecule has 0 amide bonds. The second-order valence-electron chi connectivity index (χ2n) is 6.12. The van der Waals surface area contributed by atoms with Crippen molar-refractivity contribution in [3.63, 3.8) is 0 Å². The van der Waals surface area contributed by atoms with Crippen molar-refractivity contribution in [2.45, 2.75) is 57.1 Å². The number of aromatic nitrogens is 2. The predicted octanol–water partition coefficient (Wildman–Crippen LogP) is 3.79. The van der Waals surface area contributed by atoms with Gasteiger partial charge < -0.3 is 10.6 Å². The highest BCUT2D eigenvalue weighted by molar-refractivity contribution is 8.00. The molecule has 1 aromatic rings. The molecular weight excluding hydrogens is 280 g/mol. The molecule has 1 saturated heterocycles. The number of thioether (sulfide) groups is 1. The summed E-state index contributed by atoms with van der Waals surface area (Å²) in [5.74, 6) is 4.99. The van der Waals surface area contributed by atoms with Gasteiger partial charge in [-0.15, -0.1) is 0 Å². The second-order valence-corrected chi connectivity index (χ2v) is 7.53. The average Bonchev–Trinajstić information content (AvgIpc) is 3.21. The lowest BCUT2D eigenvalue weighted by atomic mass is 10.2. The Morgan fingerprint density at radius 3 is 2.52 bits per heavy atom.